The number of hydrogen-bond acceptors (Lipinski definition) is 3. The van der Waals surface area contributed by atoms with Gasteiger partial charge in [-0.15, -0.1) is 0 Å². The van der Waals surface area contributed by atoms with E-state index in [-0.39, 0.29) is 6.42 Å². The molecule has 1 saturated heterocycles. The number of carbonyl (C=O) groups is 1. The molecule has 2 N–H and O–H groups in total. The number of carboxylic acid groups (broad SMARTS) is 1. The van der Waals surface area contributed by atoms with Gasteiger partial charge in [-0.2, -0.15) is 11.8 Å². The SMILES string of the molecule is CC(Nc1cccc(CCC(=O)O)c1)C1CCSCC1. The fraction of sp³-hybridized carbons (Fsp3) is 0.562. The highest BCUT2D eigenvalue weighted by Gasteiger charge is 2.20. The van der Waals surface area contributed by atoms with Gasteiger partial charge in [0.1, 0.15) is 0 Å². The van der Waals surface area contributed by atoms with Crippen LogP contribution in [-0.2, 0) is 11.2 Å². The number of hydrogen-bond donors (Lipinski definition) is 2. The molecule has 4 heteroatoms. The van der Waals surface area contributed by atoms with Gasteiger partial charge in [0.15, 0.2) is 0 Å². The first-order chi connectivity index (χ1) is 9.65. The molecule has 1 aromatic carbocycles. The lowest BCUT2D eigenvalue weighted by atomic mass is 9.94. The first kappa shape index (κ1) is 15.2. The Morgan fingerprint density at radius 2 is 2.20 bits per heavy atom. The Morgan fingerprint density at radius 1 is 1.45 bits per heavy atom. The summed E-state index contributed by atoms with van der Waals surface area (Å²) in [7, 11) is 0. The summed E-state index contributed by atoms with van der Waals surface area (Å²) in [6.45, 7) is 2.25. The van der Waals surface area contributed by atoms with Gasteiger partial charge in [0, 0.05) is 18.2 Å². The van der Waals surface area contributed by atoms with Crippen molar-refractivity contribution in [2.24, 2.45) is 5.92 Å². The average Bonchev–Trinajstić information content (AvgIpc) is 2.46. The second kappa shape index (κ2) is 7.58. The number of anilines is 1. The molecule has 0 spiro atoms. The van der Waals surface area contributed by atoms with Crippen molar-refractivity contribution in [2.45, 2.75) is 38.6 Å². The molecule has 3 nitrogen and oxygen atoms in total. The van der Waals surface area contributed by atoms with Crippen LogP contribution in [0, 0.1) is 5.92 Å². The molecule has 1 unspecified atom stereocenters. The van der Waals surface area contributed by atoms with E-state index in [1.165, 1.54) is 24.3 Å². The van der Waals surface area contributed by atoms with Crippen LogP contribution in [0.3, 0.4) is 0 Å². The van der Waals surface area contributed by atoms with E-state index < -0.39 is 5.97 Å². The largest absolute Gasteiger partial charge is 0.481 e. The Hall–Kier alpha value is -1.16. The van der Waals surface area contributed by atoms with Crippen LogP contribution in [0.1, 0.15) is 31.7 Å². The Labute approximate surface area is 125 Å². The van der Waals surface area contributed by atoms with Gasteiger partial charge < -0.3 is 10.4 Å². The average molecular weight is 293 g/mol. The number of aliphatic carboxylic acids is 1. The molecule has 110 valence electrons. The van der Waals surface area contributed by atoms with Gasteiger partial charge in [0.2, 0.25) is 0 Å². The second-order valence-corrected chi connectivity index (χ2v) is 6.70. The van der Waals surface area contributed by atoms with Crippen LogP contribution < -0.4 is 5.32 Å². The fourth-order valence-corrected chi connectivity index (χ4v) is 3.81. The predicted octanol–water partition coefficient (Wildman–Crippen LogP) is 3.65. The maximum absolute atomic E-state index is 10.6. The number of thioether (sulfide) groups is 1. The Bertz CT molecular complexity index is 444. The van der Waals surface area contributed by atoms with E-state index in [0.29, 0.717) is 12.5 Å². The van der Waals surface area contributed by atoms with Gasteiger partial charge in [-0.25, -0.2) is 0 Å². The van der Waals surface area contributed by atoms with Crippen LogP contribution in [0.5, 0.6) is 0 Å². The van der Waals surface area contributed by atoms with E-state index in [4.69, 9.17) is 5.11 Å². The molecule has 0 radical (unpaired) electrons. The van der Waals surface area contributed by atoms with E-state index in [9.17, 15) is 4.79 Å². The summed E-state index contributed by atoms with van der Waals surface area (Å²) in [5.74, 6) is 2.56. The van der Waals surface area contributed by atoms with Crippen LogP contribution in [0.2, 0.25) is 0 Å². The predicted molar refractivity (Wildman–Crippen MR) is 85.5 cm³/mol. The molecule has 0 saturated carbocycles. The molecular weight excluding hydrogens is 270 g/mol. The maximum atomic E-state index is 10.6. The van der Waals surface area contributed by atoms with Crippen molar-refractivity contribution in [3.8, 4) is 0 Å². The van der Waals surface area contributed by atoms with Crippen LogP contribution in [0.15, 0.2) is 24.3 Å². The maximum Gasteiger partial charge on any atom is 0.303 e. The van der Waals surface area contributed by atoms with Gasteiger partial charge in [-0.05, 0) is 61.3 Å². The van der Waals surface area contributed by atoms with Gasteiger partial charge in [0.05, 0.1) is 0 Å². The summed E-state index contributed by atoms with van der Waals surface area (Å²) < 4.78 is 0. The molecule has 1 heterocycles. The molecule has 1 aliphatic heterocycles. The second-order valence-electron chi connectivity index (χ2n) is 5.48. The third-order valence-electron chi connectivity index (χ3n) is 3.92. The summed E-state index contributed by atoms with van der Waals surface area (Å²) in [6, 6.07) is 8.62. The molecule has 2 rings (SSSR count). The van der Waals surface area contributed by atoms with Crippen LogP contribution in [-0.4, -0.2) is 28.6 Å². The van der Waals surface area contributed by atoms with Crippen LogP contribution in [0.4, 0.5) is 5.69 Å². The molecule has 20 heavy (non-hydrogen) atoms. The highest BCUT2D eigenvalue weighted by molar-refractivity contribution is 7.99. The third kappa shape index (κ3) is 4.75. The van der Waals surface area contributed by atoms with Crippen LogP contribution in [0.25, 0.3) is 0 Å². The quantitative estimate of drug-likeness (QED) is 0.840. The van der Waals surface area contributed by atoms with Crippen molar-refractivity contribution in [3.05, 3.63) is 29.8 Å². The van der Waals surface area contributed by atoms with Gasteiger partial charge >= 0.3 is 5.97 Å². The van der Waals surface area contributed by atoms with Gasteiger partial charge in [-0.3, -0.25) is 4.79 Å². The lowest BCUT2D eigenvalue weighted by Gasteiger charge is -2.28. The minimum atomic E-state index is -0.739. The number of benzene rings is 1. The topological polar surface area (TPSA) is 49.3 Å². The standard InChI is InChI=1S/C16H23NO2S/c1-12(14-7-9-20-10-8-14)17-15-4-2-3-13(11-15)5-6-16(18)19/h2-4,11-12,14,17H,5-10H2,1H3,(H,18,19). The zero-order valence-corrected chi connectivity index (χ0v) is 12.8. The summed E-state index contributed by atoms with van der Waals surface area (Å²) >= 11 is 2.05. The highest BCUT2D eigenvalue weighted by atomic mass is 32.2. The van der Waals surface area contributed by atoms with E-state index in [2.05, 4.69) is 36.1 Å². The molecule has 0 bridgehead atoms. The monoisotopic (exact) mass is 293 g/mol. The molecule has 1 fully saturated rings. The van der Waals surface area contributed by atoms with Gasteiger partial charge in [0.25, 0.3) is 0 Å². The summed E-state index contributed by atoms with van der Waals surface area (Å²) in [6.07, 6.45) is 3.37. The first-order valence-electron chi connectivity index (χ1n) is 7.30. The van der Waals surface area contributed by atoms with Crippen molar-refractivity contribution in [1.82, 2.24) is 0 Å². The van der Waals surface area contributed by atoms with E-state index >= 15 is 0 Å². The highest BCUT2D eigenvalue weighted by Crippen LogP contribution is 2.27. The Morgan fingerprint density at radius 3 is 2.90 bits per heavy atom. The Balaban J connectivity index is 1.91. The Kier molecular flexibility index (Phi) is 5.77. The van der Waals surface area contributed by atoms with Crippen molar-refractivity contribution in [2.75, 3.05) is 16.8 Å². The summed E-state index contributed by atoms with van der Waals surface area (Å²) in [5, 5.41) is 12.3. The number of nitrogens with one attached hydrogen (secondary N) is 1. The molecular formula is C16H23NO2S. The minimum absolute atomic E-state index is 0.193. The third-order valence-corrected chi connectivity index (χ3v) is 4.97. The van der Waals surface area contributed by atoms with E-state index in [0.717, 1.165) is 17.2 Å². The normalized spacial score (nSPS) is 17.6. The minimum Gasteiger partial charge on any atom is -0.481 e. The summed E-state index contributed by atoms with van der Waals surface area (Å²) in [4.78, 5) is 10.6. The summed E-state index contributed by atoms with van der Waals surface area (Å²) in [5.41, 5.74) is 2.20. The number of carboxylic acids is 1. The molecule has 1 atom stereocenters. The number of rotatable bonds is 6. The zero-order chi connectivity index (χ0) is 14.4. The van der Waals surface area contributed by atoms with Crippen molar-refractivity contribution in [3.63, 3.8) is 0 Å². The molecule has 0 aliphatic carbocycles. The smallest absolute Gasteiger partial charge is 0.303 e. The molecule has 1 aromatic rings. The zero-order valence-electron chi connectivity index (χ0n) is 12.0. The number of aryl methyl sites for hydroxylation is 1. The van der Waals surface area contributed by atoms with Crippen molar-refractivity contribution < 1.29 is 9.90 Å². The molecule has 0 amide bonds. The fourth-order valence-electron chi connectivity index (χ4n) is 2.66. The lowest BCUT2D eigenvalue weighted by Crippen LogP contribution is -2.28. The first-order valence-corrected chi connectivity index (χ1v) is 8.45. The lowest BCUT2D eigenvalue weighted by molar-refractivity contribution is -0.136. The molecule has 1 aliphatic rings. The molecule has 0 aromatic heterocycles. The van der Waals surface area contributed by atoms with Gasteiger partial charge in [-0.1, -0.05) is 12.1 Å². The van der Waals surface area contributed by atoms with Crippen molar-refractivity contribution >= 4 is 23.4 Å². The van der Waals surface area contributed by atoms with Crippen LogP contribution >= 0.6 is 11.8 Å². The van der Waals surface area contributed by atoms with E-state index in [1.54, 1.807) is 0 Å². The van der Waals surface area contributed by atoms with E-state index in [1.807, 2.05) is 12.1 Å². The van der Waals surface area contributed by atoms with Crippen molar-refractivity contribution in [1.29, 1.82) is 0 Å².